The van der Waals surface area contributed by atoms with Gasteiger partial charge in [0.05, 0.1) is 0 Å². The molecule has 0 saturated heterocycles. The minimum absolute atomic E-state index is 0.261. The predicted molar refractivity (Wildman–Crippen MR) is 68.4 cm³/mol. The van der Waals surface area contributed by atoms with Gasteiger partial charge in [0.2, 0.25) is 5.91 Å². The van der Waals surface area contributed by atoms with Crippen LogP contribution >= 0.6 is 11.8 Å². The van der Waals surface area contributed by atoms with Crippen molar-refractivity contribution in [1.29, 1.82) is 0 Å². The van der Waals surface area contributed by atoms with Gasteiger partial charge in [-0.15, -0.1) is 0 Å². The van der Waals surface area contributed by atoms with E-state index in [0.29, 0.717) is 6.42 Å². The lowest BCUT2D eigenvalue weighted by atomic mass is 10.3. The fourth-order valence-corrected chi connectivity index (χ4v) is 1.83. The molecule has 90 valence electrons. The Kier molecular flexibility index (Phi) is 10.2. The van der Waals surface area contributed by atoms with Crippen LogP contribution in [0.3, 0.4) is 0 Å². The van der Waals surface area contributed by atoms with Gasteiger partial charge in [0.1, 0.15) is 0 Å². The van der Waals surface area contributed by atoms with Gasteiger partial charge in [0.15, 0.2) is 0 Å². The first-order valence-corrected chi connectivity index (χ1v) is 7.13. The number of hydrogen-bond acceptors (Lipinski definition) is 3. The normalized spacial score (nSPS) is 10.3. The molecule has 0 aromatic carbocycles. The SMILES string of the molecule is CCN(CC)C(=O)CCNCCCSC. The summed E-state index contributed by atoms with van der Waals surface area (Å²) in [6, 6.07) is 0. The lowest BCUT2D eigenvalue weighted by Crippen LogP contribution is -2.33. The van der Waals surface area contributed by atoms with Crippen molar-refractivity contribution in [2.24, 2.45) is 0 Å². The van der Waals surface area contributed by atoms with Gasteiger partial charge in [-0.1, -0.05) is 0 Å². The Hall–Kier alpha value is -0.220. The van der Waals surface area contributed by atoms with Gasteiger partial charge < -0.3 is 10.2 Å². The van der Waals surface area contributed by atoms with Crippen LogP contribution < -0.4 is 5.32 Å². The zero-order valence-corrected chi connectivity index (χ0v) is 11.0. The summed E-state index contributed by atoms with van der Waals surface area (Å²) in [5.74, 6) is 1.45. The lowest BCUT2D eigenvalue weighted by molar-refractivity contribution is -0.130. The first kappa shape index (κ1) is 14.8. The summed E-state index contributed by atoms with van der Waals surface area (Å²) in [7, 11) is 0. The Morgan fingerprint density at radius 2 is 1.93 bits per heavy atom. The van der Waals surface area contributed by atoms with E-state index < -0.39 is 0 Å². The molecule has 0 bridgehead atoms. The van der Waals surface area contributed by atoms with Crippen LogP contribution in [0.5, 0.6) is 0 Å². The topological polar surface area (TPSA) is 32.3 Å². The van der Waals surface area contributed by atoms with Crippen molar-refractivity contribution >= 4 is 17.7 Å². The Bertz CT molecular complexity index is 161. The van der Waals surface area contributed by atoms with Gasteiger partial charge in [0, 0.05) is 26.1 Å². The molecule has 15 heavy (non-hydrogen) atoms. The molecular weight excluding hydrogens is 208 g/mol. The standard InChI is InChI=1S/C11H24N2OS/c1-4-13(5-2)11(14)7-9-12-8-6-10-15-3/h12H,4-10H2,1-3H3. The van der Waals surface area contributed by atoms with Crippen LogP contribution in [0.1, 0.15) is 26.7 Å². The third kappa shape index (κ3) is 7.68. The Morgan fingerprint density at radius 1 is 1.27 bits per heavy atom. The largest absolute Gasteiger partial charge is 0.343 e. The number of carbonyl (C=O) groups is 1. The maximum atomic E-state index is 11.6. The van der Waals surface area contributed by atoms with E-state index in [1.54, 1.807) is 0 Å². The fraction of sp³-hybridized carbons (Fsp3) is 0.909. The number of amides is 1. The Balaban J connectivity index is 3.38. The molecule has 0 aliphatic rings. The maximum absolute atomic E-state index is 11.6. The first-order valence-electron chi connectivity index (χ1n) is 5.73. The predicted octanol–water partition coefficient (Wildman–Crippen LogP) is 1.59. The summed E-state index contributed by atoms with van der Waals surface area (Å²) in [4.78, 5) is 13.5. The van der Waals surface area contributed by atoms with Gasteiger partial charge in [0.25, 0.3) is 0 Å². The fourth-order valence-electron chi connectivity index (χ4n) is 1.40. The maximum Gasteiger partial charge on any atom is 0.223 e. The van der Waals surface area contributed by atoms with Crippen LogP contribution in [0.15, 0.2) is 0 Å². The molecule has 1 amide bonds. The van der Waals surface area contributed by atoms with E-state index >= 15 is 0 Å². The van der Waals surface area contributed by atoms with E-state index in [4.69, 9.17) is 0 Å². The van der Waals surface area contributed by atoms with Crippen LogP contribution in [-0.4, -0.2) is 49.0 Å². The minimum atomic E-state index is 0.261. The number of rotatable bonds is 9. The smallest absolute Gasteiger partial charge is 0.223 e. The van der Waals surface area contributed by atoms with E-state index in [1.165, 1.54) is 12.2 Å². The van der Waals surface area contributed by atoms with Crippen molar-refractivity contribution in [3.05, 3.63) is 0 Å². The van der Waals surface area contributed by atoms with Crippen LogP contribution in [0.25, 0.3) is 0 Å². The molecule has 0 radical (unpaired) electrons. The second-order valence-electron chi connectivity index (χ2n) is 3.41. The highest BCUT2D eigenvalue weighted by atomic mass is 32.2. The number of nitrogens with one attached hydrogen (secondary N) is 1. The summed E-state index contributed by atoms with van der Waals surface area (Å²) in [5, 5.41) is 3.29. The number of carbonyl (C=O) groups excluding carboxylic acids is 1. The van der Waals surface area contributed by atoms with E-state index in [2.05, 4.69) is 11.6 Å². The molecule has 4 heteroatoms. The van der Waals surface area contributed by atoms with Crippen LogP contribution in [-0.2, 0) is 4.79 Å². The van der Waals surface area contributed by atoms with Crippen molar-refractivity contribution in [3.8, 4) is 0 Å². The summed E-state index contributed by atoms with van der Waals surface area (Å²) in [5.41, 5.74) is 0. The van der Waals surface area contributed by atoms with E-state index in [-0.39, 0.29) is 5.91 Å². The van der Waals surface area contributed by atoms with Gasteiger partial charge >= 0.3 is 0 Å². The van der Waals surface area contributed by atoms with Gasteiger partial charge in [-0.25, -0.2) is 0 Å². The monoisotopic (exact) mass is 232 g/mol. The van der Waals surface area contributed by atoms with Gasteiger partial charge in [-0.2, -0.15) is 11.8 Å². The summed E-state index contributed by atoms with van der Waals surface area (Å²) < 4.78 is 0. The van der Waals surface area contributed by atoms with Crippen LogP contribution in [0.4, 0.5) is 0 Å². The molecule has 0 aromatic heterocycles. The summed E-state index contributed by atoms with van der Waals surface area (Å²) in [6.45, 7) is 7.51. The van der Waals surface area contributed by atoms with E-state index in [0.717, 1.165) is 26.2 Å². The molecule has 0 saturated carbocycles. The van der Waals surface area contributed by atoms with Gasteiger partial charge in [-0.05, 0) is 38.8 Å². The summed E-state index contributed by atoms with van der Waals surface area (Å²) >= 11 is 1.86. The van der Waals surface area contributed by atoms with Crippen LogP contribution in [0.2, 0.25) is 0 Å². The average Bonchev–Trinajstić information content (AvgIpc) is 2.25. The van der Waals surface area contributed by atoms with Crippen molar-refractivity contribution in [2.75, 3.05) is 38.2 Å². The molecule has 3 nitrogen and oxygen atoms in total. The highest BCUT2D eigenvalue weighted by Crippen LogP contribution is 1.94. The molecule has 0 unspecified atom stereocenters. The number of nitrogens with zero attached hydrogens (tertiary/aromatic N) is 1. The minimum Gasteiger partial charge on any atom is -0.343 e. The zero-order chi connectivity index (χ0) is 11.5. The van der Waals surface area contributed by atoms with Crippen LogP contribution in [0, 0.1) is 0 Å². The first-order chi connectivity index (χ1) is 7.26. The third-order valence-electron chi connectivity index (χ3n) is 2.33. The van der Waals surface area contributed by atoms with Gasteiger partial charge in [-0.3, -0.25) is 4.79 Å². The molecule has 0 aliphatic carbocycles. The lowest BCUT2D eigenvalue weighted by Gasteiger charge is -2.18. The molecule has 0 aromatic rings. The van der Waals surface area contributed by atoms with Crippen molar-refractivity contribution in [2.45, 2.75) is 26.7 Å². The average molecular weight is 232 g/mol. The van der Waals surface area contributed by atoms with E-state index in [1.807, 2.05) is 30.5 Å². The molecule has 0 atom stereocenters. The molecule has 0 rings (SSSR count). The van der Waals surface area contributed by atoms with E-state index in [9.17, 15) is 4.79 Å². The summed E-state index contributed by atoms with van der Waals surface area (Å²) in [6.07, 6.45) is 3.92. The zero-order valence-electron chi connectivity index (χ0n) is 10.2. The molecule has 0 spiro atoms. The highest BCUT2D eigenvalue weighted by molar-refractivity contribution is 7.98. The molecule has 0 aliphatic heterocycles. The molecule has 0 heterocycles. The highest BCUT2D eigenvalue weighted by Gasteiger charge is 2.07. The van der Waals surface area contributed by atoms with Crippen molar-refractivity contribution < 1.29 is 4.79 Å². The molecule has 1 N–H and O–H groups in total. The second-order valence-corrected chi connectivity index (χ2v) is 4.40. The Morgan fingerprint density at radius 3 is 2.47 bits per heavy atom. The number of hydrogen-bond donors (Lipinski definition) is 1. The quantitative estimate of drug-likeness (QED) is 0.613. The second kappa shape index (κ2) is 10.3. The Labute approximate surface area is 98.0 Å². The molecule has 0 fully saturated rings. The molecular formula is C11H24N2OS. The van der Waals surface area contributed by atoms with Crippen molar-refractivity contribution in [3.63, 3.8) is 0 Å². The number of thioether (sulfide) groups is 1. The third-order valence-corrected chi connectivity index (χ3v) is 3.03. The van der Waals surface area contributed by atoms with Crippen molar-refractivity contribution in [1.82, 2.24) is 10.2 Å².